The van der Waals surface area contributed by atoms with Crippen molar-refractivity contribution < 1.29 is 13.5 Å². The van der Waals surface area contributed by atoms with Gasteiger partial charge >= 0.3 is 5.00 Å². The summed E-state index contributed by atoms with van der Waals surface area (Å²) < 4.78 is 27.8. The minimum absolute atomic E-state index is 0.0141. The van der Waals surface area contributed by atoms with Crippen LogP contribution in [-0.2, 0) is 13.0 Å². The zero-order valence-electron chi connectivity index (χ0n) is 10.4. The number of thiophene rings is 1. The van der Waals surface area contributed by atoms with Gasteiger partial charge in [0.1, 0.15) is 11.5 Å². The number of nitrogens with zero attached hydrogens (tertiary/aromatic N) is 1. The van der Waals surface area contributed by atoms with Gasteiger partial charge in [0.2, 0.25) is 0 Å². The minimum atomic E-state index is -0.923. The van der Waals surface area contributed by atoms with Gasteiger partial charge in [0, 0.05) is 29.2 Å². The number of fused-ring (bicyclic) bond motifs is 1. The Labute approximate surface area is 113 Å². The van der Waals surface area contributed by atoms with Crippen LogP contribution >= 0.6 is 11.3 Å². The standard InChI is InChI=1S/C13H13F2N2OS/c1-2-8-5-7-6-16-12-10(17(18)13(7)19-8)4-3-9(14)11(12)15/h5,16H,2-4,6H2,1H3/q+1. The zero-order chi connectivity index (χ0) is 13.6. The normalized spacial score (nSPS) is 19.0. The highest BCUT2D eigenvalue weighted by Gasteiger charge is 2.38. The molecule has 2 aliphatic rings. The van der Waals surface area contributed by atoms with Gasteiger partial charge in [-0.25, -0.2) is 8.78 Å². The van der Waals surface area contributed by atoms with E-state index < -0.39 is 11.7 Å². The second-order valence-electron chi connectivity index (χ2n) is 4.59. The van der Waals surface area contributed by atoms with Crippen LogP contribution < -0.4 is 5.32 Å². The molecule has 0 fully saturated rings. The molecule has 19 heavy (non-hydrogen) atoms. The molecule has 3 nitrogen and oxygen atoms in total. The Kier molecular flexibility index (Phi) is 2.97. The molecule has 1 aromatic rings. The molecule has 0 amide bonds. The van der Waals surface area contributed by atoms with E-state index in [-0.39, 0.29) is 18.5 Å². The zero-order valence-corrected chi connectivity index (χ0v) is 11.2. The molecule has 0 atom stereocenters. The van der Waals surface area contributed by atoms with Gasteiger partial charge in [0.05, 0.1) is 10.3 Å². The molecule has 0 saturated heterocycles. The maximum atomic E-state index is 13.8. The lowest BCUT2D eigenvalue weighted by atomic mass is 10.1. The Morgan fingerprint density at radius 3 is 2.95 bits per heavy atom. The van der Waals surface area contributed by atoms with E-state index in [1.165, 1.54) is 11.3 Å². The van der Waals surface area contributed by atoms with Crippen LogP contribution in [0.2, 0.25) is 0 Å². The average molecular weight is 283 g/mol. The van der Waals surface area contributed by atoms with Crippen molar-refractivity contribution in [1.82, 2.24) is 5.32 Å². The fourth-order valence-corrected chi connectivity index (χ4v) is 3.41. The monoisotopic (exact) mass is 283 g/mol. The van der Waals surface area contributed by atoms with E-state index in [1.54, 1.807) is 0 Å². The molecule has 1 aliphatic heterocycles. The van der Waals surface area contributed by atoms with E-state index in [1.807, 2.05) is 13.0 Å². The fourth-order valence-electron chi connectivity index (χ4n) is 2.36. The molecule has 6 heteroatoms. The molecule has 0 spiro atoms. The lowest BCUT2D eigenvalue weighted by molar-refractivity contribution is -0.407. The van der Waals surface area contributed by atoms with Gasteiger partial charge in [-0.1, -0.05) is 18.3 Å². The van der Waals surface area contributed by atoms with Crippen LogP contribution in [0.5, 0.6) is 0 Å². The summed E-state index contributed by atoms with van der Waals surface area (Å²) in [6, 6.07) is 1.95. The highest BCUT2D eigenvalue weighted by molar-refractivity contribution is 7.15. The number of nitrogens with one attached hydrogen (secondary N) is 1. The molecule has 0 unspecified atom stereocenters. The van der Waals surface area contributed by atoms with Gasteiger partial charge < -0.3 is 5.32 Å². The van der Waals surface area contributed by atoms with Crippen LogP contribution in [0, 0.1) is 4.91 Å². The maximum absolute atomic E-state index is 13.8. The van der Waals surface area contributed by atoms with E-state index >= 15 is 0 Å². The van der Waals surface area contributed by atoms with E-state index in [2.05, 4.69) is 5.32 Å². The van der Waals surface area contributed by atoms with Crippen LogP contribution in [0.25, 0.3) is 0 Å². The molecule has 1 N–H and O–H groups in total. The van der Waals surface area contributed by atoms with Crippen LogP contribution in [0.1, 0.15) is 30.2 Å². The lowest BCUT2D eigenvalue weighted by Gasteiger charge is -2.11. The first kappa shape index (κ1) is 12.5. The third-order valence-corrected chi connectivity index (χ3v) is 4.69. The highest BCUT2D eigenvalue weighted by atomic mass is 32.1. The number of rotatable bonds is 1. The highest BCUT2D eigenvalue weighted by Crippen LogP contribution is 2.40. The Bertz CT molecular complexity index is 631. The molecule has 3 rings (SSSR count). The third-order valence-electron chi connectivity index (χ3n) is 3.40. The predicted molar refractivity (Wildman–Crippen MR) is 69.3 cm³/mol. The van der Waals surface area contributed by atoms with Gasteiger partial charge in [-0.3, -0.25) is 0 Å². The molecular formula is C13H13F2N2OS+. The van der Waals surface area contributed by atoms with Crippen LogP contribution in [0.15, 0.2) is 29.1 Å². The van der Waals surface area contributed by atoms with Gasteiger partial charge in [0.15, 0.2) is 5.83 Å². The second-order valence-corrected chi connectivity index (χ2v) is 5.70. The molecule has 0 aromatic carbocycles. The number of halogens is 2. The Morgan fingerprint density at radius 1 is 1.42 bits per heavy atom. The summed E-state index contributed by atoms with van der Waals surface area (Å²) in [4.78, 5) is 13.5. The van der Waals surface area contributed by atoms with E-state index in [9.17, 15) is 13.7 Å². The summed E-state index contributed by atoms with van der Waals surface area (Å²) in [7, 11) is 0. The summed E-state index contributed by atoms with van der Waals surface area (Å²) in [5.74, 6) is -1.70. The van der Waals surface area contributed by atoms with Crippen molar-refractivity contribution in [2.45, 2.75) is 32.7 Å². The van der Waals surface area contributed by atoms with Crippen LogP contribution in [-0.4, -0.2) is 4.76 Å². The number of aryl methyl sites for hydroxylation is 1. The second kappa shape index (κ2) is 4.52. The molecule has 0 radical (unpaired) electrons. The summed E-state index contributed by atoms with van der Waals surface area (Å²) in [5.41, 5.74) is 1.15. The van der Waals surface area contributed by atoms with Crippen LogP contribution in [0.3, 0.4) is 0 Å². The predicted octanol–water partition coefficient (Wildman–Crippen LogP) is 3.98. The number of hydrogen-bond donors (Lipinski definition) is 1. The van der Waals surface area contributed by atoms with Crippen LogP contribution in [0.4, 0.5) is 13.8 Å². The first-order chi connectivity index (χ1) is 9.11. The minimum Gasteiger partial charge on any atom is -0.373 e. The summed E-state index contributed by atoms with van der Waals surface area (Å²) in [6.07, 6.45) is 1.04. The van der Waals surface area contributed by atoms with Crippen molar-refractivity contribution in [2.75, 3.05) is 0 Å². The maximum Gasteiger partial charge on any atom is 0.323 e. The lowest BCUT2D eigenvalue weighted by Crippen LogP contribution is -2.18. The van der Waals surface area contributed by atoms with Crippen molar-refractivity contribution in [3.8, 4) is 0 Å². The number of nitroso groups, excluding NO2 is 1. The largest absolute Gasteiger partial charge is 0.373 e. The summed E-state index contributed by atoms with van der Waals surface area (Å²) in [6.45, 7) is 2.38. The smallest absolute Gasteiger partial charge is 0.323 e. The Balaban J connectivity index is 2.09. The fraction of sp³-hybridized carbons (Fsp3) is 0.385. The van der Waals surface area contributed by atoms with Crippen molar-refractivity contribution in [1.29, 1.82) is 0 Å². The quantitative estimate of drug-likeness (QED) is 0.791. The van der Waals surface area contributed by atoms with E-state index in [0.29, 0.717) is 17.2 Å². The van der Waals surface area contributed by atoms with Gasteiger partial charge in [-0.2, -0.15) is 0 Å². The molecule has 0 bridgehead atoms. The van der Waals surface area contributed by atoms with Crippen molar-refractivity contribution >= 4 is 16.3 Å². The van der Waals surface area contributed by atoms with Gasteiger partial charge in [0.25, 0.3) is 5.70 Å². The first-order valence-electron chi connectivity index (χ1n) is 6.22. The third kappa shape index (κ3) is 1.90. The molecule has 1 aromatic heterocycles. The molecule has 100 valence electrons. The Morgan fingerprint density at radius 2 is 2.21 bits per heavy atom. The number of hydrogen-bond acceptors (Lipinski definition) is 3. The van der Waals surface area contributed by atoms with Gasteiger partial charge in [-0.05, 0) is 12.5 Å². The van der Waals surface area contributed by atoms with Crippen molar-refractivity contribution in [3.63, 3.8) is 0 Å². The van der Waals surface area contributed by atoms with Crippen molar-refractivity contribution in [3.05, 3.63) is 44.5 Å². The van der Waals surface area contributed by atoms with E-state index in [0.717, 1.165) is 21.6 Å². The SMILES string of the molecule is CCc1cc2c(s1)[N+](=O)C1=C(NC2)C(F)=C(F)CC1. The van der Waals surface area contributed by atoms with E-state index in [4.69, 9.17) is 0 Å². The van der Waals surface area contributed by atoms with Crippen molar-refractivity contribution in [2.24, 2.45) is 0 Å². The molecular weight excluding hydrogens is 270 g/mol. The first-order valence-corrected chi connectivity index (χ1v) is 7.03. The average Bonchev–Trinajstić information content (AvgIpc) is 2.77. The molecule has 2 heterocycles. The molecule has 1 aliphatic carbocycles. The topological polar surface area (TPSA) is 32.1 Å². The molecule has 0 saturated carbocycles. The Hall–Kier alpha value is -1.56. The summed E-state index contributed by atoms with van der Waals surface area (Å²) in [5, 5.41) is 3.45. The number of allylic oxidation sites excluding steroid dienone is 3. The van der Waals surface area contributed by atoms with Gasteiger partial charge in [-0.15, -0.1) is 0 Å². The summed E-state index contributed by atoms with van der Waals surface area (Å²) >= 11 is 1.42.